The van der Waals surface area contributed by atoms with Gasteiger partial charge in [-0.3, -0.25) is 20.0 Å². The fourth-order valence-electron chi connectivity index (χ4n) is 2.23. The highest BCUT2D eigenvalue weighted by Gasteiger charge is 2.22. The maximum absolute atomic E-state index is 12.4. The van der Waals surface area contributed by atoms with E-state index in [0.29, 0.717) is 22.3 Å². The van der Waals surface area contributed by atoms with E-state index in [2.05, 4.69) is 20.5 Å². The van der Waals surface area contributed by atoms with Crippen LogP contribution < -0.4 is 5.32 Å². The van der Waals surface area contributed by atoms with Crippen molar-refractivity contribution in [3.63, 3.8) is 0 Å². The van der Waals surface area contributed by atoms with Crippen molar-refractivity contribution in [3.8, 4) is 0 Å². The van der Waals surface area contributed by atoms with E-state index >= 15 is 0 Å². The Morgan fingerprint density at radius 1 is 1.36 bits per heavy atom. The Hall–Kier alpha value is -3.29. The van der Waals surface area contributed by atoms with Crippen molar-refractivity contribution in [2.75, 3.05) is 5.32 Å². The number of benzene rings is 1. The highest BCUT2D eigenvalue weighted by molar-refractivity contribution is 6.10. The second kappa shape index (κ2) is 5.24. The van der Waals surface area contributed by atoms with Gasteiger partial charge in [0.25, 0.3) is 11.6 Å². The number of nitro benzene ring substituents is 1. The van der Waals surface area contributed by atoms with Gasteiger partial charge in [-0.2, -0.15) is 5.10 Å². The quantitative estimate of drug-likeness (QED) is 0.569. The van der Waals surface area contributed by atoms with Crippen LogP contribution in [0.3, 0.4) is 0 Å². The number of aromatic amines is 1. The van der Waals surface area contributed by atoms with Crippen LogP contribution in [0.4, 0.5) is 11.4 Å². The zero-order valence-corrected chi connectivity index (χ0v) is 11.5. The summed E-state index contributed by atoms with van der Waals surface area (Å²) in [5.41, 5.74) is 1.26. The number of aryl methyl sites for hydroxylation is 1. The van der Waals surface area contributed by atoms with E-state index in [0.717, 1.165) is 0 Å². The molecule has 2 heterocycles. The lowest BCUT2D eigenvalue weighted by Gasteiger charge is -2.07. The maximum Gasteiger partial charge on any atom is 0.285 e. The number of nitrogens with zero attached hydrogens (tertiary/aromatic N) is 3. The van der Waals surface area contributed by atoms with Crippen LogP contribution in [0.15, 0.2) is 36.7 Å². The van der Waals surface area contributed by atoms with Crippen LogP contribution in [0.1, 0.15) is 15.9 Å². The number of hydrogen-bond acceptors (Lipinski definition) is 5. The van der Waals surface area contributed by atoms with Crippen LogP contribution in [0.5, 0.6) is 0 Å². The molecule has 0 aliphatic heterocycles. The highest BCUT2D eigenvalue weighted by atomic mass is 16.6. The number of para-hydroxylation sites is 1. The number of amides is 1. The van der Waals surface area contributed by atoms with Crippen LogP contribution >= 0.6 is 0 Å². The van der Waals surface area contributed by atoms with E-state index in [4.69, 9.17) is 0 Å². The summed E-state index contributed by atoms with van der Waals surface area (Å²) in [7, 11) is 0. The monoisotopic (exact) mass is 297 g/mol. The van der Waals surface area contributed by atoms with E-state index in [1.807, 2.05) is 0 Å². The van der Waals surface area contributed by atoms with E-state index in [1.165, 1.54) is 18.5 Å². The molecule has 3 aromatic rings. The molecular weight excluding hydrogens is 286 g/mol. The Balaban J connectivity index is 2.01. The smallest absolute Gasteiger partial charge is 0.285 e. The molecule has 8 heteroatoms. The molecule has 22 heavy (non-hydrogen) atoms. The standard InChI is InChI=1S/C14H11N5O3/c1-8-3-2-4-9(12(8)19(21)22)14(20)17-11-5-6-15-13-10(11)7-16-18-13/h2-7H,1H3,(H2,15,16,17,18,20). The van der Waals surface area contributed by atoms with Gasteiger partial charge < -0.3 is 5.32 Å². The lowest BCUT2D eigenvalue weighted by atomic mass is 10.1. The van der Waals surface area contributed by atoms with Gasteiger partial charge in [-0.25, -0.2) is 4.98 Å². The summed E-state index contributed by atoms with van der Waals surface area (Å²) >= 11 is 0. The molecule has 2 aromatic heterocycles. The molecule has 0 saturated carbocycles. The third-order valence-corrected chi connectivity index (χ3v) is 3.27. The molecule has 110 valence electrons. The summed E-state index contributed by atoms with van der Waals surface area (Å²) in [6, 6.07) is 6.23. The number of nitro groups is 1. The second-order valence-electron chi connectivity index (χ2n) is 4.67. The number of fused-ring (bicyclic) bond motifs is 1. The first-order valence-electron chi connectivity index (χ1n) is 6.41. The summed E-state index contributed by atoms with van der Waals surface area (Å²) in [5, 5.41) is 21.0. The number of hydrogen-bond donors (Lipinski definition) is 2. The molecule has 1 aromatic carbocycles. The normalized spacial score (nSPS) is 10.6. The van der Waals surface area contributed by atoms with Crippen molar-refractivity contribution in [2.45, 2.75) is 6.92 Å². The fraction of sp³-hybridized carbons (Fsp3) is 0.0714. The third-order valence-electron chi connectivity index (χ3n) is 3.27. The van der Waals surface area contributed by atoms with Gasteiger partial charge in [-0.1, -0.05) is 12.1 Å². The van der Waals surface area contributed by atoms with Gasteiger partial charge in [0.2, 0.25) is 0 Å². The minimum Gasteiger partial charge on any atom is -0.321 e. The van der Waals surface area contributed by atoms with Crippen molar-refractivity contribution in [3.05, 3.63) is 57.9 Å². The van der Waals surface area contributed by atoms with Gasteiger partial charge in [-0.15, -0.1) is 0 Å². The van der Waals surface area contributed by atoms with Crippen LogP contribution in [-0.2, 0) is 0 Å². The molecule has 0 fully saturated rings. The minimum atomic E-state index is -0.552. The summed E-state index contributed by atoms with van der Waals surface area (Å²) < 4.78 is 0. The Bertz CT molecular complexity index is 887. The number of aromatic nitrogens is 3. The Labute approximate surface area is 124 Å². The zero-order chi connectivity index (χ0) is 15.7. The molecule has 0 unspecified atom stereocenters. The number of carbonyl (C=O) groups is 1. The van der Waals surface area contributed by atoms with Crippen LogP contribution in [-0.4, -0.2) is 26.0 Å². The van der Waals surface area contributed by atoms with Crippen molar-refractivity contribution in [1.29, 1.82) is 0 Å². The van der Waals surface area contributed by atoms with Gasteiger partial charge in [-0.05, 0) is 19.1 Å². The molecular formula is C14H11N5O3. The molecule has 8 nitrogen and oxygen atoms in total. The first-order chi connectivity index (χ1) is 10.6. The Morgan fingerprint density at radius 2 is 2.18 bits per heavy atom. The zero-order valence-electron chi connectivity index (χ0n) is 11.5. The van der Waals surface area contributed by atoms with Crippen molar-refractivity contribution in [2.24, 2.45) is 0 Å². The minimum absolute atomic E-state index is 0.0125. The first kappa shape index (κ1) is 13.7. The van der Waals surface area contributed by atoms with Crippen LogP contribution in [0.25, 0.3) is 11.0 Å². The molecule has 0 saturated heterocycles. The average molecular weight is 297 g/mol. The van der Waals surface area contributed by atoms with Gasteiger partial charge in [0.05, 0.1) is 22.2 Å². The fourth-order valence-corrected chi connectivity index (χ4v) is 2.23. The molecule has 0 spiro atoms. The van der Waals surface area contributed by atoms with Crippen molar-refractivity contribution >= 4 is 28.3 Å². The molecule has 1 amide bonds. The van der Waals surface area contributed by atoms with E-state index in [1.54, 1.807) is 25.1 Å². The molecule has 2 N–H and O–H groups in total. The summed E-state index contributed by atoms with van der Waals surface area (Å²) in [6.07, 6.45) is 3.05. The van der Waals surface area contributed by atoms with Gasteiger partial charge in [0.1, 0.15) is 5.56 Å². The average Bonchev–Trinajstić information content (AvgIpc) is 2.96. The lowest BCUT2D eigenvalue weighted by molar-refractivity contribution is -0.385. The topological polar surface area (TPSA) is 114 Å². The maximum atomic E-state index is 12.4. The summed E-state index contributed by atoms with van der Waals surface area (Å²) in [4.78, 5) is 27.1. The third kappa shape index (κ3) is 2.26. The number of pyridine rings is 1. The van der Waals surface area contributed by atoms with Gasteiger partial charge in [0.15, 0.2) is 5.65 Å². The highest BCUT2D eigenvalue weighted by Crippen LogP contribution is 2.25. The predicted octanol–water partition coefficient (Wildman–Crippen LogP) is 2.43. The summed E-state index contributed by atoms with van der Waals surface area (Å²) in [5.74, 6) is -0.552. The second-order valence-corrected chi connectivity index (χ2v) is 4.67. The predicted molar refractivity (Wildman–Crippen MR) is 79.7 cm³/mol. The van der Waals surface area contributed by atoms with E-state index in [-0.39, 0.29) is 11.3 Å². The molecule has 0 aliphatic carbocycles. The number of nitrogens with one attached hydrogen (secondary N) is 2. The number of H-pyrrole nitrogens is 1. The molecule has 0 aliphatic rings. The van der Waals surface area contributed by atoms with E-state index < -0.39 is 10.8 Å². The lowest BCUT2D eigenvalue weighted by Crippen LogP contribution is -2.14. The van der Waals surface area contributed by atoms with Crippen LogP contribution in [0, 0.1) is 17.0 Å². The number of anilines is 1. The number of carbonyl (C=O) groups excluding carboxylic acids is 1. The van der Waals surface area contributed by atoms with Crippen molar-refractivity contribution < 1.29 is 9.72 Å². The Morgan fingerprint density at radius 3 is 2.95 bits per heavy atom. The van der Waals surface area contributed by atoms with E-state index in [9.17, 15) is 14.9 Å². The number of rotatable bonds is 3. The molecule has 0 radical (unpaired) electrons. The molecule has 0 bridgehead atoms. The summed E-state index contributed by atoms with van der Waals surface area (Å²) in [6.45, 7) is 1.59. The van der Waals surface area contributed by atoms with Gasteiger partial charge >= 0.3 is 0 Å². The first-order valence-corrected chi connectivity index (χ1v) is 6.41. The van der Waals surface area contributed by atoms with Crippen molar-refractivity contribution in [1.82, 2.24) is 15.2 Å². The molecule has 0 atom stereocenters. The van der Waals surface area contributed by atoms with Crippen LogP contribution in [0.2, 0.25) is 0 Å². The largest absolute Gasteiger partial charge is 0.321 e. The SMILES string of the molecule is Cc1cccc(C(=O)Nc2ccnc3[nH]ncc23)c1[N+](=O)[O-]. The molecule has 3 rings (SSSR count). The Kier molecular flexibility index (Phi) is 3.26. The van der Waals surface area contributed by atoms with Gasteiger partial charge in [0, 0.05) is 11.8 Å².